The summed E-state index contributed by atoms with van der Waals surface area (Å²) in [6.07, 6.45) is 0.522. The summed E-state index contributed by atoms with van der Waals surface area (Å²) in [5.74, 6) is -0.544. The maximum Gasteiger partial charge on any atom is 0.150 e. The van der Waals surface area contributed by atoms with Gasteiger partial charge in [-0.2, -0.15) is 0 Å². The second kappa shape index (κ2) is 3.25. The van der Waals surface area contributed by atoms with E-state index in [4.69, 9.17) is 5.11 Å². The Morgan fingerprint density at radius 2 is 2.27 bits per heavy atom. The Labute approximate surface area is 63.3 Å². The summed E-state index contributed by atoms with van der Waals surface area (Å²) in [5.41, 5.74) is 0.259. The van der Waals surface area contributed by atoms with Crippen LogP contribution in [0.25, 0.3) is 0 Å². The van der Waals surface area contributed by atoms with Crippen LogP contribution in [0, 0.1) is 5.82 Å². The van der Waals surface area contributed by atoms with Crippen molar-refractivity contribution in [2.45, 2.75) is 6.61 Å². The molecular weight excluding hydrogens is 147 g/mol. The molecule has 1 aromatic rings. The predicted molar refractivity (Wildman–Crippen MR) is 37.7 cm³/mol. The first-order chi connectivity index (χ1) is 5.29. The smallest absolute Gasteiger partial charge is 0.150 e. The zero-order valence-corrected chi connectivity index (χ0v) is 5.75. The van der Waals surface area contributed by atoms with Gasteiger partial charge in [-0.05, 0) is 6.07 Å². The molecule has 1 aromatic carbocycles. The van der Waals surface area contributed by atoms with Gasteiger partial charge < -0.3 is 5.11 Å². The molecule has 0 saturated heterocycles. The summed E-state index contributed by atoms with van der Waals surface area (Å²) in [5, 5.41) is 8.63. The fraction of sp³-hybridized carbons (Fsp3) is 0.125. The monoisotopic (exact) mass is 154 g/mol. The van der Waals surface area contributed by atoms with Crippen LogP contribution in [-0.2, 0) is 6.61 Å². The van der Waals surface area contributed by atoms with Crippen molar-refractivity contribution < 1.29 is 14.3 Å². The van der Waals surface area contributed by atoms with Crippen molar-refractivity contribution >= 4 is 6.29 Å². The van der Waals surface area contributed by atoms with Crippen LogP contribution in [-0.4, -0.2) is 11.4 Å². The summed E-state index contributed by atoms with van der Waals surface area (Å²) in [6.45, 7) is -0.444. The fourth-order valence-electron chi connectivity index (χ4n) is 0.853. The first-order valence-corrected chi connectivity index (χ1v) is 3.13. The number of halogens is 1. The first kappa shape index (κ1) is 7.88. The van der Waals surface area contributed by atoms with Crippen LogP contribution < -0.4 is 0 Å². The van der Waals surface area contributed by atoms with Crippen molar-refractivity contribution in [1.29, 1.82) is 0 Å². The Hall–Kier alpha value is -1.22. The van der Waals surface area contributed by atoms with E-state index in [9.17, 15) is 9.18 Å². The quantitative estimate of drug-likeness (QED) is 0.648. The molecule has 58 valence electrons. The Morgan fingerprint density at radius 1 is 1.55 bits per heavy atom. The highest BCUT2D eigenvalue weighted by Crippen LogP contribution is 2.10. The van der Waals surface area contributed by atoms with Gasteiger partial charge in [0, 0.05) is 11.1 Å². The highest BCUT2D eigenvalue weighted by molar-refractivity contribution is 5.77. The van der Waals surface area contributed by atoms with E-state index in [1.807, 2.05) is 0 Å². The molecule has 0 unspecified atom stereocenters. The molecular formula is C8H7FO2. The third-order valence-corrected chi connectivity index (χ3v) is 1.44. The van der Waals surface area contributed by atoms with Crippen molar-refractivity contribution in [3.63, 3.8) is 0 Å². The maximum absolute atomic E-state index is 12.7. The molecule has 1 N–H and O–H groups in total. The molecule has 1 rings (SSSR count). The highest BCUT2D eigenvalue weighted by Gasteiger charge is 2.04. The number of aliphatic hydroxyl groups excluding tert-OH is 1. The fourth-order valence-corrected chi connectivity index (χ4v) is 0.853. The van der Waals surface area contributed by atoms with Crippen molar-refractivity contribution in [3.8, 4) is 0 Å². The van der Waals surface area contributed by atoms with E-state index < -0.39 is 12.4 Å². The molecule has 3 heteroatoms. The van der Waals surface area contributed by atoms with Crippen molar-refractivity contribution in [2.24, 2.45) is 0 Å². The van der Waals surface area contributed by atoms with Gasteiger partial charge in [0.15, 0.2) is 6.29 Å². The minimum absolute atomic E-state index is 0.0579. The average molecular weight is 154 g/mol. The SMILES string of the molecule is O=Cc1cccc(F)c1CO. The van der Waals surface area contributed by atoms with E-state index in [1.165, 1.54) is 18.2 Å². The molecule has 0 fully saturated rings. The number of rotatable bonds is 2. The molecule has 0 bridgehead atoms. The lowest BCUT2D eigenvalue weighted by atomic mass is 10.1. The summed E-state index contributed by atoms with van der Waals surface area (Å²) < 4.78 is 12.7. The van der Waals surface area contributed by atoms with Crippen LogP contribution in [0.4, 0.5) is 4.39 Å². The Kier molecular flexibility index (Phi) is 2.33. The van der Waals surface area contributed by atoms with Gasteiger partial charge in [-0.15, -0.1) is 0 Å². The topological polar surface area (TPSA) is 37.3 Å². The number of aldehydes is 1. The zero-order valence-electron chi connectivity index (χ0n) is 5.75. The number of carbonyl (C=O) groups excluding carboxylic acids is 1. The molecule has 0 radical (unpaired) electrons. The van der Waals surface area contributed by atoms with Crippen LogP contribution in [0.2, 0.25) is 0 Å². The largest absolute Gasteiger partial charge is 0.392 e. The van der Waals surface area contributed by atoms with Gasteiger partial charge in [0.25, 0.3) is 0 Å². The molecule has 0 spiro atoms. The molecule has 0 aliphatic carbocycles. The number of carbonyl (C=O) groups is 1. The van der Waals surface area contributed by atoms with E-state index in [0.29, 0.717) is 6.29 Å². The number of aliphatic hydroxyl groups is 1. The minimum Gasteiger partial charge on any atom is -0.392 e. The highest BCUT2D eigenvalue weighted by atomic mass is 19.1. The van der Waals surface area contributed by atoms with Gasteiger partial charge in [-0.25, -0.2) is 4.39 Å². The molecule has 0 aliphatic rings. The molecule has 0 amide bonds. The number of benzene rings is 1. The number of hydrogen-bond donors (Lipinski definition) is 1. The Morgan fingerprint density at radius 3 is 2.73 bits per heavy atom. The van der Waals surface area contributed by atoms with Crippen LogP contribution in [0.1, 0.15) is 15.9 Å². The predicted octanol–water partition coefficient (Wildman–Crippen LogP) is 1.13. The maximum atomic E-state index is 12.7. The van der Waals surface area contributed by atoms with Crippen LogP contribution in [0.3, 0.4) is 0 Å². The lowest BCUT2D eigenvalue weighted by molar-refractivity contribution is 0.111. The van der Waals surface area contributed by atoms with E-state index >= 15 is 0 Å². The standard InChI is InChI=1S/C8H7FO2/c9-8-3-1-2-6(4-10)7(8)5-11/h1-4,11H,5H2. The zero-order chi connectivity index (χ0) is 8.27. The molecule has 0 atom stereocenters. The van der Waals surface area contributed by atoms with Crippen molar-refractivity contribution in [3.05, 3.63) is 35.1 Å². The van der Waals surface area contributed by atoms with Crippen LogP contribution in [0.5, 0.6) is 0 Å². The lowest BCUT2D eigenvalue weighted by Crippen LogP contribution is -1.95. The third-order valence-electron chi connectivity index (χ3n) is 1.44. The molecule has 0 saturated carbocycles. The van der Waals surface area contributed by atoms with Gasteiger partial charge in [-0.3, -0.25) is 4.79 Å². The minimum atomic E-state index is -0.544. The summed E-state index contributed by atoms with van der Waals surface area (Å²) in [4.78, 5) is 10.3. The van der Waals surface area contributed by atoms with Crippen molar-refractivity contribution in [1.82, 2.24) is 0 Å². The first-order valence-electron chi connectivity index (χ1n) is 3.13. The lowest BCUT2D eigenvalue weighted by Gasteiger charge is -2.00. The molecule has 0 aromatic heterocycles. The second-order valence-electron chi connectivity index (χ2n) is 2.08. The van der Waals surface area contributed by atoms with Crippen LogP contribution in [0.15, 0.2) is 18.2 Å². The van der Waals surface area contributed by atoms with Crippen LogP contribution >= 0.6 is 0 Å². The molecule has 11 heavy (non-hydrogen) atoms. The van der Waals surface area contributed by atoms with E-state index in [1.54, 1.807) is 0 Å². The average Bonchev–Trinajstić information content (AvgIpc) is 2.04. The van der Waals surface area contributed by atoms with E-state index in [-0.39, 0.29) is 11.1 Å². The normalized spacial score (nSPS) is 9.64. The Balaban J connectivity index is 3.23. The molecule has 2 nitrogen and oxygen atoms in total. The third kappa shape index (κ3) is 1.43. The van der Waals surface area contributed by atoms with Crippen molar-refractivity contribution in [2.75, 3.05) is 0 Å². The summed E-state index contributed by atoms with van der Waals surface area (Å²) in [6, 6.07) is 4.10. The van der Waals surface area contributed by atoms with Gasteiger partial charge in [0.1, 0.15) is 5.82 Å². The summed E-state index contributed by atoms with van der Waals surface area (Å²) >= 11 is 0. The van der Waals surface area contributed by atoms with E-state index in [2.05, 4.69) is 0 Å². The van der Waals surface area contributed by atoms with Gasteiger partial charge in [0.2, 0.25) is 0 Å². The Bertz CT molecular complexity index is 271. The molecule has 0 aliphatic heterocycles. The van der Waals surface area contributed by atoms with Gasteiger partial charge >= 0.3 is 0 Å². The van der Waals surface area contributed by atoms with Gasteiger partial charge in [-0.1, -0.05) is 12.1 Å². The number of hydrogen-bond acceptors (Lipinski definition) is 2. The van der Waals surface area contributed by atoms with E-state index in [0.717, 1.165) is 0 Å². The summed E-state index contributed by atoms with van der Waals surface area (Å²) in [7, 11) is 0. The van der Waals surface area contributed by atoms with Gasteiger partial charge in [0.05, 0.1) is 6.61 Å². The second-order valence-corrected chi connectivity index (χ2v) is 2.08. The molecule has 0 heterocycles.